The summed E-state index contributed by atoms with van der Waals surface area (Å²) in [6.07, 6.45) is 0. The normalized spacial score (nSPS) is 12.2. The van der Waals surface area contributed by atoms with Gasteiger partial charge in [0.2, 0.25) is 0 Å². The number of para-hydroxylation sites is 6. The van der Waals surface area contributed by atoms with Crippen molar-refractivity contribution in [1.82, 2.24) is 28.2 Å². The molecule has 6 heteroatoms. The van der Waals surface area contributed by atoms with Crippen molar-refractivity contribution in [3.63, 3.8) is 0 Å². The molecule has 2 aliphatic rings. The molecule has 0 spiro atoms. The third kappa shape index (κ3) is 10.3. The molecule has 572 valence electrons. The molecule has 0 saturated carbocycles. The van der Waals surface area contributed by atoms with E-state index in [-0.39, 0.29) is 0 Å². The zero-order valence-electron chi connectivity index (χ0n) is 67.1. The number of benzene rings is 20. The summed E-state index contributed by atoms with van der Waals surface area (Å²) in [5.74, 6) is 0. The topological polar surface area (TPSA) is 45.5 Å². The van der Waals surface area contributed by atoms with Crippen LogP contribution >= 0.6 is 0 Å². The molecule has 0 amide bonds. The van der Waals surface area contributed by atoms with Crippen molar-refractivity contribution in [2.24, 2.45) is 0 Å². The fraction of sp³-hybridized carbons (Fsp3) is 0. The fourth-order valence-corrected chi connectivity index (χ4v) is 21.0. The van der Waals surface area contributed by atoms with Crippen LogP contribution in [0.2, 0.25) is 0 Å². The molecule has 0 bridgehead atoms. The molecule has 6 heterocycles. The van der Waals surface area contributed by atoms with Crippen molar-refractivity contribution in [3.05, 3.63) is 425 Å². The molecule has 0 aliphatic heterocycles. The highest BCUT2D eigenvalue weighted by atomic mass is 15.0. The van der Waals surface area contributed by atoms with E-state index in [1.165, 1.54) is 219 Å². The quantitative estimate of drug-likeness (QED) is 0.152. The van der Waals surface area contributed by atoms with Crippen LogP contribution in [0.15, 0.2) is 425 Å². The summed E-state index contributed by atoms with van der Waals surface area (Å²) < 4.78 is 9.62. The SMILES string of the molecule is c1ccc(-n2c3ccccc3c3cc4cc(-c5ccc6cc7c(cc6c5)c5ccccc5n7-c5ccc(-c6cc7c8c(cccc8n6)-c6ccccc6-7)cc5)ccc4cc32)cc1.c1ccc(-n2c3ccccc3c3cc4cc(-c5ccc6cc7c(cc6c5)c5ccccc5n7-c5cccc(-c6cc7cccc8c7c(n6)-c6ccccc6-8)c5)ccc4cc32)cc1. The first kappa shape index (κ1) is 68.4. The zero-order chi connectivity index (χ0) is 80.9. The number of rotatable bonds is 8. The molecule has 0 fully saturated rings. The Bertz CT molecular complexity index is 9110. The molecule has 2 aliphatic carbocycles. The number of pyridine rings is 2. The largest absolute Gasteiger partial charge is 0.309 e. The van der Waals surface area contributed by atoms with Gasteiger partial charge in [-0.05, 0) is 268 Å². The van der Waals surface area contributed by atoms with Gasteiger partial charge in [0, 0.05) is 93.3 Å². The predicted octanol–water partition coefficient (Wildman–Crippen LogP) is 31.4. The van der Waals surface area contributed by atoms with Gasteiger partial charge in [0.1, 0.15) is 0 Å². The highest BCUT2D eigenvalue weighted by Gasteiger charge is 2.27. The second kappa shape index (κ2) is 26.5. The lowest BCUT2D eigenvalue weighted by molar-refractivity contribution is 1.18. The zero-order valence-corrected chi connectivity index (χ0v) is 67.1. The summed E-state index contributed by atoms with van der Waals surface area (Å²) in [6, 6.07) is 156. The van der Waals surface area contributed by atoms with Crippen LogP contribution in [-0.2, 0) is 0 Å². The van der Waals surface area contributed by atoms with E-state index >= 15 is 0 Å². The number of aromatic nitrogens is 6. The maximum absolute atomic E-state index is 5.35. The summed E-state index contributed by atoms with van der Waals surface area (Å²) in [5.41, 5.74) is 34.3. The van der Waals surface area contributed by atoms with E-state index in [0.29, 0.717) is 0 Å². The molecule has 0 N–H and O–H groups in total. The lowest BCUT2D eigenvalue weighted by Gasteiger charge is -2.12. The molecule has 124 heavy (non-hydrogen) atoms. The third-order valence-electron chi connectivity index (χ3n) is 26.7. The molecule has 0 atom stereocenters. The molecule has 0 radical (unpaired) electrons. The molecule has 28 rings (SSSR count). The molecule has 0 unspecified atom stereocenters. The smallest absolute Gasteiger partial charge is 0.0800 e. The fourth-order valence-electron chi connectivity index (χ4n) is 21.0. The van der Waals surface area contributed by atoms with Gasteiger partial charge >= 0.3 is 0 Å². The summed E-state index contributed by atoms with van der Waals surface area (Å²) in [6.45, 7) is 0. The Morgan fingerprint density at radius 1 is 0.153 bits per heavy atom. The van der Waals surface area contributed by atoms with Crippen LogP contribution in [-0.4, -0.2) is 28.2 Å². The van der Waals surface area contributed by atoms with Crippen molar-refractivity contribution in [1.29, 1.82) is 0 Å². The van der Waals surface area contributed by atoms with E-state index in [0.717, 1.165) is 45.1 Å². The first-order valence-corrected chi connectivity index (χ1v) is 42.7. The van der Waals surface area contributed by atoms with E-state index < -0.39 is 0 Å². The average molecular weight is 1570 g/mol. The van der Waals surface area contributed by atoms with Crippen LogP contribution in [0.3, 0.4) is 0 Å². The highest BCUT2D eigenvalue weighted by molar-refractivity contribution is 6.21. The van der Waals surface area contributed by atoms with Crippen molar-refractivity contribution in [2.45, 2.75) is 0 Å². The maximum Gasteiger partial charge on any atom is 0.0800 e. The number of hydrogen-bond acceptors (Lipinski definition) is 2. The van der Waals surface area contributed by atoms with Crippen molar-refractivity contribution < 1.29 is 0 Å². The lowest BCUT2D eigenvalue weighted by atomic mass is 9.97. The first-order valence-electron chi connectivity index (χ1n) is 42.7. The van der Waals surface area contributed by atoms with E-state index in [4.69, 9.17) is 9.97 Å². The monoisotopic (exact) mass is 1570 g/mol. The van der Waals surface area contributed by atoms with Crippen LogP contribution in [0.5, 0.6) is 0 Å². The minimum absolute atomic E-state index is 0.985. The minimum Gasteiger partial charge on any atom is -0.309 e. The summed E-state index contributed by atoms with van der Waals surface area (Å²) in [7, 11) is 0. The van der Waals surface area contributed by atoms with Crippen LogP contribution in [0.4, 0.5) is 0 Å². The van der Waals surface area contributed by atoms with E-state index in [1.807, 2.05) is 0 Å². The maximum atomic E-state index is 5.35. The van der Waals surface area contributed by atoms with Crippen LogP contribution in [0.1, 0.15) is 0 Å². The Balaban J connectivity index is 0.000000130. The van der Waals surface area contributed by atoms with Gasteiger partial charge in [0.05, 0.1) is 66.7 Å². The van der Waals surface area contributed by atoms with Gasteiger partial charge in [-0.15, -0.1) is 0 Å². The van der Waals surface area contributed by atoms with E-state index in [9.17, 15) is 0 Å². The van der Waals surface area contributed by atoms with Crippen molar-refractivity contribution >= 4 is 152 Å². The van der Waals surface area contributed by atoms with Crippen molar-refractivity contribution in [2.75, 3.05) is 0 Å². The number of fused-ring (bicyclic) bond motifs is 22. The van der Waals surface area contributed by atoms with Crippen molar-refractivity contribution in [3.8, 4) is 112 Å². The molecule has 6 aromatic heterocycles. The van der Waals surface area contributed by atoms with E-state index in [2.05, 4.69) is 443 Å². The molecule has 0 saturated heterocycles. The van der Waals surface area contributed by atoms with Crippen LogP contribution in [0, 0.1) is 0 Å². The van der Waals surface area contributed by atoms with Gasteiger partial charge in [-0.25, -0.2) is 9.97 Å². The Hall–Kier alpha value is -16.5. The highest BCUT2D eigenvalue weighted by Crippen LogP contribution is 2.51. The van der Waals surface area contributed by atoms with Gasteiger partial charge in [-0.3, -0.25) is 0 Å². The molecular weight excluding hydrogens is 1500 g/mol. The third-order valence-corrected chi connectivity index (χ3v) is 26.7. The Morgan fingerprint density at radius 2 is 0.500 bits per heavy atom. The minimum atomic E-state index is 0.985. The van der Waals surface area contributed by atoms with Gasteiger partial charge in [0.15, 0.2) is 0 Å². The molecular formula is C118H70N6. The number of nitrogens with zero attached hydrogens (tertiary/aromatic N) is 6. The van der Waals surface area contributed by atoms with E-state index in [1.54, 1.807) is 0 Å². The van der Waals surface area contributed by atoms with Gasteiger partial charge in [0.25, 0.3) is 0 Å². The van der Waals surface area contributed by atoms with Gasteiger partial charge in [-0.2, -0.15) is 0 Å². The lowest BCUT2D eigenvalue weighted by Crippen LogP contribution is -1.95. The van der Waals surface area contributed by atoms with Crippen LogP contribution in [0.25, 0.3) is 264 Å². The molecule has 6 nitrogen and oxygen atoms in total. The summed E-state index contributed by atoms with van der Waals surface area (Å²) in [5, 5.41) is 23.6. The summed E-state index contributed by atoms with van der Waals surface area (Å²) >= 11 is 0. The standard InChI is InChI=1S/2C59H35N3/c1-2-14-44(15-3-1)61-54-22-8-6-18-47(54)51-31-42-28-36(24-26-38(42)34-56(51)61)37-25-27-39-35-57-52(32-43(39)29-37)48-19-7-9-23-55(48)62(57)45-16-10-12-40(30-45)53-33-41-13-11-21-49-46-17-4-5-20-50(46)59(60-53)58(41)49;1-2-11-43(12-3-1)61-55-19-8-6-15-47(55)50-31-41-29-37(21-23-39(41)33-57(50)61)38-22-24-40-34-58-51(32-42(40)30-38)48-16-7-9-20-56(48)62(58)44-27-25-36(26-28-44)54-35-52-46-14-5-4-13-45(46)49-17-10-18-53(60-54)59(49)52/h2*1-35H. The van der Waals surface area contributed by atoms with Gasteiger partial charge in [-0.1, -0.05) is 261 Å². The van der Waals surface area contributed by atoms with Crippen LogP contribution < -0.4 is 0 Å². The molecule has 20 aromatic carbocycles. The Morgan fingerprint density at radius 3 is 0.968 bits per heavy atom. The summed E-state index contributed by atoms with van der Waals surface area (Å²) in [4.78, 5) is 10.5. The first-order chi connectivity index (χ1) is 61.4. The van der Waals surface area contributed by atoms with Gasteiger partial charge < -0.3 is 18.3 Å². The Labute approximate surface area is 712 Å². The second-order valence-corrected chi connectivity index (χ2v) is 33.5. The predicted molar refractivity (Wildman–Crippen MR) is 521 cm³/mol. The molecule has 26 aromatic rings. The second-order valence-electron chi connectivity index (χ2n) is 33.5. The number of hydrogen-bond donors (Lipinski definition) is 0. The average Bonchev–Trinajstić information content (AvgIpc) is 1.60. The Kier molecular flexibility index (Phi) is 14.6.